The van der Waals surface area contributed by atoms with Gasteiger partial charge in [0.1, 0.15) is 5.75 Å². The summed E-state index contributed by atoms with van der Waals surface area (Å²) in [5.41, 5.74) is 1.15. The van der Waals surface area contributed by atoms with Gasteiger partial charge in [0.15, 0.2) is 5.76 Å². The monoisotopic (exact) mass is 349 g/mol. The van der Waals surface area contributed by atoms with E-state index in [0.717, 1.165) is 5.56 Å². The fourth-order valence-electron chi connectivity index (χ4n) is 2.05. The summed E-state index contributed by atoms with van der Waals surface area (Å²) >= 11 is 0. The third kappa shape index (κ3) is 3.11. The fraction of sp³-hybridized carbons (Fsp3) is 0.200. The zero-order chi connectivity index (χ0) is 17.3. The van der Waals surface area contributed by atoms with Gasteiger partial charge >= 0.3 is 0 Å². The average Bonchev–Trinajstić information content (AvgIpc) is 3.18. The van der Waals surface area contributed by atoms with Gasteiger partial charge in [-0.05, 0) is 42.8 Å². The molecular formula is C15H15N3O5S. The quantitative estimate of drug-likeness (QED) is 0.754. The summed E-state index contributed by atoms with van der Waals surface area (Å²) < 4.78 is 43.0. The van der Waals surface area contributed by atoms with Gasteiger partial charge in [0.25, 0.3) is 15.9 Å². The molecule has 8 nitrogen and oxygen atoms in total. The molecule has 0 atom stereocenters. The summed E-state index contributed by atoms with van der Waals surface area (Å²) in [7, 11) is -2.34. The van der Waals surface area contributed by atoms with E-state index in [2.05, 4.69) is 14.9 Å². The van der Waals surface area contributed by atoms with Gasteiger partial charge in [0.2, 0.25) is 11.0 Å². The highest BCUT2D eigenvalue weighted by molar-refractivity contribution is 7.92. The van der Waals surface area contributed by atoms with Crippen molar-refractivity contribution in [1.82, 2.24) is 10.2 Å². The van der Waals surface area contributed by atoms with Crippen LogP contribution in [-0.4, -0.2) is 25.7 Å². The Hall–Kier alpha value is -2.81. The number of sulfonamides is 1. The molecule has 0 amide bonds. The van der Waals surface area contributed by atoms with Crippen molar-refractivity contribution < 1.29 is 22.0 Å². The maximum absolute atomic E-state index is 12.5. The van der Waals surface area contributed by atoms with Crippen LogP contribution in [0.4, 0.5) is 5.69 Å². The molecular weight excluding hydrogens is 334 g/mol. The minimum Gasteiger partial charge on any atom is -0.497 e. The van der Waals surface area contributed by atoms with Gasteiger partial charge in [-0.25, -0.2) is 0 Å². The molecule has 1 aromatic carbocycles. The summed E-state index contributed by atoms with van der Waals surface area (Å²) in [6.45, 7) is 3.40. The van der Waals surface area contributed by atoms with Crippen molar-refractivity contribution in [2.45, 2.75) is 18.9 Å². The van der Waals surface area contributed by atoms with Gasteiger partial charge < -0.3 is 13.6 Å². The topological polar surface area (TPSA) is 107 Å². The Morgan fingerprint density at radius 3 is 2.50 bits per heavy atom. The lowest BCUT2D eigenvalue weighted by atomic mass is 10.2. The highest BCUT2D eigenvalue weighted by Crippen LogP contribution is 2.27. The number of hydrogen-bond donors (Lipinski definition) is 1. The lowest BCUT2D eigenvalue weighted by Gasteiger charge is -2.10. The smallest absolute Gasteiger partial charge is 0.295 e. The van der Waals surface area contributed by atoms with Crippen LogP contribution in [0, 0.1) is 13.8 Å². The molecule has 2 heterocycles. The molecule has 3 rings (SSSR count). The van der Waals surface area contributed by atoms with E-state index >= 15 is 0 Å². The summed E-state index contributed by atoms with van der Waals surface area (Å²) in [5, 5.41) is 7.22. The Balaban J connectivity index is 1.87. The number of furan rings is 1. The maximum atomic E-state index is 12.5. The Labute approximate surface area is 138 Å². The van der Waals surface area contributed by atoms with Crippen molar-refractivity contribution in [2.75, 3.05) is 11.8 Å². The molecule has 9 heteroatoms. The number of aryl methyl sites for hydroxylation is 2. The second-order valence-corrected chi connectivity index (χ2v) is 6.64. The lowest BCUT2D eigenvalue weighted by Crippen LogP contribution is -2.13. The predicted molar refractivity (Wildman–Crippen MR) is 85.3 cm³/mol. The second-order valence-electron chi connectivity index (χ2n) is 5.03. The normalized spacial score (nSPS) is 11.5. The molecule has 126 valence electrons. The Morgan fingerprint density at radius 2 is 1.88 bits per heavy atom. The van der Waals surface area contributed by atoms with E-state index in [-0.39, 0.29) is 16.7 Å². The van der Waals surface area contributed by atoms with Crippen LogP contribution < -0.4 is 9.46 Å². The number of hydrogen-bond acceptors (Lipinski definition) is 7. The highest BCUT2D eigenvalue weighted by Gasteiger charge is 2.22. The van der Waals surface area contributed by atoms with Crippen molar-refractivity contribution in [3.05, 3.63) is 41.8 Å². The van der Waals surface area contributed by atoms with Crippen molar-refractivity contribution in [1.29, 1.82) is 0 Å². The Morgan fingerprint density at radius 1 is 1.08 bits per heavy atom. The molecule has 0 spiro atoms. The largest absolute Gasteiger partial charge is 0.497 e. The minimum atomic E-state index is -3.88. The maximum Gasteiger partial charge on any atom is 0.295 e. The van der Waals surface area contributed by atoms with Crippen LogP contribution in [-0.2, 0) is 10.0 Å². The van der Waals surface area contributed by atoms with E-state index in [1.54, 1.807) is 39.2 Å². The van der Waals surface area contributed by atoms with Gasteiger partial charge in [0, 0.05) is 6.92 Å². The summed E-state index contributed by atoms with van der Waals surface area (Å²) in [5.74, 6) is 1.30. The first-order chi connectivity index (χ1) is 11.4. The van der Waals surface area contributed by atoms with Crippen LogP contribution in [0.25, 0.3) is 11.7 Å². The summed E-state index contributed by atoms with van der Waals surface area (Å²) in [4.78, 5) is 0. The van der Waals surface area contributed by atoms with Crippen molar-refractivity contribution in [3.8, 4) is 17.4 Å². The summed E-state index contributed by atoms with van der Waals surface area (Å²) in [6, 6.07) is 7.81. The van der Waals surface area contributed by atoms with Crippen molar-refractivity contribution in [3.63, 3.8) is 0 Å². The van der Waals surface area contributed by atoms with Crippen LogP contribution >= 0.6 is 0 Å². The van der Waals surface area contributed by atoms with E-state index in [0.29, 0.717) is 17.3 Å². The Bertz CT molecular complexity index is 975. The van der Waals surface area contributed by atoms with E-state index in [4.69, 9.17) is 13.6 Å². The van der Waals surface area contributed by atoms with Crippen molar-refractivity contribution >= 4 is 15.7 Å². The average molecular weight is 349 g/mol. The third-order valence-electron chi connectivity index (χ3n) is 3.26. The van der Waals surface area contributed by atoms with Crippen LogP contribution in [0.2, 0.25) is 0 Å². The number of nitrogens with one attached hydrogen (secondary N) is 1. The molecule has 0 aliphatic rings. The third-order valence-corrected chi connectivity index (χ3v) is 4.50. The first kappa shape index (κ1) is 16.1. The lowest BCUT2D eigenvalue weighted by molar-refractivity contribution is 0.414. The van der Waals surface area contributed by atoms with Crippen molar-refractivity contribution in [2.24, 2.45) is 0 Å². The fourth-order valence-corrected chi connectivity index (χ4v) is 3.11. The molecule has 0 aliphatic carbocycles. The van der Waals surface area contributed by atoms with Gasteiger partial charge in [-0.1, -0.05) is 0 Å². The van der Waals surface area contributed by atoms with Gasteiger partial charge in [-0.2, -0.15) is 8.42 Å². The minimum absolute atomic E-state index is 0.120. The standard InChI is InChI=1S/C15H15N3O5S/c1-9-8-11(21-3)4-5-12(9)18-24(19,20)14-7-6-13(23-14)15-17-16-10(2)22-15/h4-8,18H,1-3H3. The molecule has 3 aromatic rings. The number of aromatic nitrogens is 2. The molecule has 2 aromatic heterocycles. The number of benzene rings is 1. The number of anilines is 1. The number of nitrogens with zero attached hydrogens (tertiary/aromatic N) is 2. The SMILES string of the molecule is COc1ccc(NS(=O)(=O)c2ccc(-c3nnc(C)o3)o2)c(C)c1. The molecule has 24 heavy (non-hydrogen) atoms. The molecule has 0 radical (unpaired) electrons. The van der Waals surface area contributed by atoms with E-state index in [1.807, 2.05) is 0 Å². The van der Waals surface area contributed by atoms with Crippen LogP contribution in [0.1, 0.15) is 11.5 Å². The van der Waals surface area contributed by atoms with Crippen LogP contribution in [0.3, 0.4) is 0 Å². The first-order valence-corrected chi connectivity index (χ1v) is 8.45. The van der Waals surface area contributed by atoms with Crippen LogP contribution in [0.15, 0.2) is 44.3 Å². The van der Waals surface area contributed by atoms with Gasteiger partial charge in [-0.15, -0.1) is 10.2 Å². The zero-order valence-corrected chi connectivity index (χ0v) is 14.0. The summed E-state index contributed by atoms with van der Waals surface area (Å²) in [6.07, 6.45) is 0. The number of rotatable bonds is 5. The predicted octanol–water partition coefficient (Wildman–Crippen LogP) is 2.76. The second kappa shape index (κ2) is 6.00. The molecule has 0 aliphatic heterocycles. The molecule has 0 fully saturated rings. The Kier molecular flexibility index (Phi) is 4.02. The highest BCUT2D eigenvalue weighted by atomic mass is 32.2. The van der Waals surface area contributed by atoms with E-state index < -0.39 is 10.0 Å². The van der Waals surface area contributed by atoms with Gasteiger partial charge in [0.05, 0.1) is 12.8 Å². The number of ether oxygens (including phenoxy) is 1. The number of methoxy groups -OCH3 is 1. The van der Waals surface area contributed by atoms with Crippen LogP contribution in [0.5, 0.6) is 5.75 Å². The molecule has 0 bridgehead atoms. The zero-order valence-electron chi connectivity index (χ0n) is 13.2. The first-order valence-electron chi connectivity index (χ1n) is 6.97. The molecule has 0 unspecified atom stereocenters. The molecule has 1 N–H and O–H groups in total. The molecule has 0 saturated heterocycles. The van der Waals surface area contributed by atoms with E-state index in [9.17, 15) is 8.42 Å². The van der Waals surface area contributed by atoms with Gasteiger partial charge in [-0.3, -0.25) is 4.72 Å². The molecule has 0 saturated carbocycles. The van der Waals surface area contributed by atoms with E-state index in [1.165, 1.54) is 12.1 Å².